The Balaban J connectivity index is 1.72. The number of carbonyl (C=O) groups excluding carboxylic acids is 1. The van der Waals surface area contributed by atoms with Crippen LogP contribution >= 0.6 is 11.6 Å². The van der Waals surface area contributed by atoms with Crippen molar-refractivity contribution < 1.29 is 9.53 Å². The van der Waals surface area contributed by atoms with Gasteiger partial charge in [-0.05, 0) is 43.6 Å². The lowest BCUT2D eigenvalue weighted by atomic mass is 10.1. The van der Waals surface area contributed by atoms with Crippen molar-refractivity contribution in [2.75, 3.05) is 26.7 Å². The van der Waals surface area contributed by atoms with E-state index >= 15 is 0 Å². The minimum absolute atomic E-state index is 0.0729. The van der Waals surface area contributed by atoms with E-state index < -0.39 is 0 Å². The molecule has 1 fully saturated rings. The molecule has 1 amide bonds. The van der Waals surface area contributed by atoms with Crippen LogP contribution in [0.25, 0.3) is 0 Å². The number of halogens is 1. The van der Waals surface area contributed by atoms with Crippen LogP contribution in [0.1, 0.15) is 34.9 Å². The molecule has 138 valence electrons. The van der Waals surface area contributed by atoms with Crippen molar-refractivity contribution in [2.45, 2.75) is 18.9 Å². The third-order valence-electron chi connectivity index (χ3n) is 4.63. The lowest BCUT2D eigenvalue weighted by Crippen LogP contribution is -2.37. The molecule has 1 atom stereocenters. The summed E-state index contributed by atoms with van der Waals surface area (Å²) in [6, 6.07) is 9.04. The van der Waals surface area contributed by atoms with E-state index in [-0.39, 0.29) is 28.8 Å². The number of aromatic nitrogens is 1. The van der Waals surface area contributed by atoms with E-state index in [4.69, 9.17) is 16.3 Å². The summed E-state index contributed by atoms with van der Waals surface area (Å²) in [5, 5.41) is 3.62. The summed E-state index contributed by atoms with van der Waals surface area (Å²) in [5.74, 6) is -0.138. The van der Waals surface area contributed by atoms with E-state index in [1.807, 2.05) is 24.3 Å². The van der Waals surface area contributed by atoms with E-state index in [2.05, 4.69) is 15.2 Å². The smallest absolute Gasteiger partial charge is 0.267 e. The molecule has 0 bridgehead atoms. The van der Waals surface area contributed by atoms with Crippen molar-refractivity contribution in [1.29, 1.82) is 0 Å². The maximum atomic E-state index is 12.4. The van der Waals surface area contributed by atoms with Gasteiger partial charge in [-0.2, -0.15) is 0 Å². The predicted octanol–water partition coefficient (Wildman–Crippen LogP) is 2.60. The van der Waals surface area contributed by atoms with Gasteiger partial charge in [-0.25, -0.2) is 0 Å². The number of aromatic amines is 1. The van der Waals surface area contributed by atoms with Crippen molar-refractivity contribution in [3.05, 3.63) is 63.0 Å². The number of rotatable bonds is 6. The SMILES string of the molecule is COc1c[nH]c(C(=O)NC[C@H](c2ccc(Cl)cc2)N2CCCC2)cc1=O. The first-order valence-corrected chi connectivity index (χ1v) is 9.00. The van der Waals surface area contributed by atoms with Crippen LogP contribution in [-0.4, -0.2) is 42.5 Å². The molecule has 0 unspecified atom stereocenters. The first-order chi connectivity index (χ1) is 12.6. The Morgan fingerprint density at radius 1 is 1.31 bits per heavy atom. The number of methoxy groups -OCH3 is 1. The minimum Gasteiger partial charge on any atom is -0.491 e. The van der Waals surface area contributed by atoms with Crippen LogP contribution < -0.4 is 15.5 Å². The Morgan fingerprint density at radius 2 is 2.00 bits per heavy atom. The first kappa shape index (κ1) is 18.5. The van der Waals surface area contributed by atoms with Gasteiger partial charge in [-0.15, -0.1) is 0 Å². The molecular weight excluding hydrogens is 354 g/mol. The number of nitrogens with zero attached hydrogens (tertiary/aromatic N) is 1. The number of hydrogen-bond acceptors (Lipinski definition) is 4. The van der Waals surface area contributed by atoms with Crippen molar-refractivity contribution in [1.82, 2.24) is 15.2 Å². The molecule has 3 rings (SSSR count). The van der Waals surface area contributed by atoms with Crippen LogP contribution in [0.15, 0.2) is 41.3 Å². The Morgan fingerprint density at radius 3 is 2.62 bits per heavy atom. The molecule has 1 saturated heterocycles. The zero-order valence-electron chi connectivity index (χ0n) is 14.6. The summed E-state index contributed by atoms with van der Waals surface area (Å²) >= 11 is 6.00. The van der Waals surface area contributed by atoms with Crippen LogP contribution in [0.2, 0.25) is 5.02 Å². The quantitative estimate of drug-likeness (QED) is 0.813. The molecule has 2 aromatic rings. The maximum absolute atomic E-state index is 12.4. The molecule has 1 aliphatic heterocycles. The zero-order chi connectivity index (χ0) is 18.5. The van der Waals surface area contributed by atoms with Crippen LogP contribution in [0, 0.1) is 0 Å². The third kappa shape index (κ3) is 4.26. The summed E-state index contributed by atoms with van der Waals surface area (Å²) in [6.45, 7) is 2.46. The molecule has 1 aliphatic rings. The number of benzene rings is 1. The fraction of sp³-hybridized carbons (Fsp3) is 0.368. The summed E-state index contributed by atoms with van der Waals surface area (Å²) in [7, 11) is 1.41. The number of nitrogens with one attached hydrogen (secondary N) is 2. The van der Waals surface area contributed by atoms with Gasteiger partial charge in [-0.3, -0.25) is 14.5 Å². The van der Waals surface area contributed by atoms with Gasteiger partial charge in [0.2, 0.25) is 5.43 Å². The average molecular weight is 376 g/mol. The number of amides is 1. The lowest BCUT2D eigenvalue weighted by molar-refractivity contribution is 0.0932. The van der Waals surface area contributed by atoms with Gasteiger partial charge in [0.15, 0.2) is 5.75 Å². The van der Waals surface area contributed by atoms with Gasteiger partial charge in [0.25, 0.3) is 5.91 Å². The highest BCUT2D eigenvalue weighted by molar-refractivity contribution is 6.30. The molecule has 2 N–H and O–H groups in total. The van der Waals surface area contributed by atoms with Crippen molar-refractivity contribution in [3.8, 4) is 5.75 Å². The van der Waals surface area contributed by atoms with E-state index in [1.165, 1.54) is 19.4 Å². The fourth-order valence-corrected chi connectivity index (χ4v) is 3.36. The molecule has 6 nitrogen and oxygen atoms in total. The van der Waals surface area contributed by atoms with Crippen LogP contribution in [0.4, 0.5) is 0 Å². The number of pyridine rings is 1. The van der Waals surface area contributed by atoms with E-state index in [0.717, 1.165) is 31.5 Å². The fourth-order valence-electron chi connectivity index (χ4n) is 3.23. The Kier molecular flexibility index (Phi) is 5.96. The van der Waals surface area contributed by atoms with Crippen LogP contribution in [-0.2, 0) is 0 Å². The minimum atomic E-state index is -0.329. The topological polar surface area (TPSA) is 74.4 Å². The Bertz CT molecular complexity index is 814. The standard InChI is InChI=1S/C19H22ClN3O3/c1-26-18-12-21-15(10-17(18)24)19(25)22-11-16(23-8-2-3-9-23)13-4-6-14(20)7-5-13/h4-7,10,12,16H,2-3,8-9,11H2,1H3,(H,21,24)(H,22,25)/t16-/m1/s1. The molecule has 26 heavy (non-hydrogen) atoms. The molecule has 0 aliphatic carbocycles. The van der Waals surface area contributed by atoms with Crippen LogP contribution in [0.3, 0.4) is 0 Å². The molecular formula is C19H22ClN3O3. The Hall–Kier alpha value is -2.31. The van der Waals surface area contributed by atoms with Crippen LogP contribution in [0.5, 0.6) is 5.75 Å². The average Bonchev–Trinajstić information content (AvgIpc) is 3.17. The third-order valence-corrected chi connectivity index (χ3v) is 4.89. The molecule has 1 aromatic carbocycles. The highest BCUT2D eigenvalue weighted by Gasteiger charge is 2.24. The molecule has 0 spiro atoms. The number of hydrogen-bond donors (Lipinski definition) is 2. The lowest BCUT2D eigenvalue weighted by Gasteiger charge is -2.28. The van der Waals surface area contributed by atoms with Crippen molar-refractivity contribution in [2.24, 2.45) is 0 Å². The van der Waals surface area contributed by atoms with Crippen molar-refractivity contribution in [3.63, 3.8) is 0 Å². The number of H-pyrrole nitrogens is 1. The van der Waals surface area contributed by atoms with Gasteiger partial charge >= 0.3 is 0 Å². The second-order valence-electron chi connectivity index (χ2n) is 6.30. The maximum Gasteiger partial charge on any atom is 0.267 e. The zero-order valence-corrected chi connectivity index (χ0v) is 15.4. The van der Waals surface area contributed by atoms with Gasteiger partial charge in [-0.1, -0.05) is 23.7 Å². The number of ether oxygens (including phenoxy) is 1. The summed E-state index contributed by atoms with van der Waals surface area (Å²) in [5.41, 5.74) is 0.997. The second-order valence-corrected chi connectivity index (χ2v) is 6.74. The number of likely N-dealkylation sites (tertiary alicyclic amines) is 1. The molecule has 7 heteroatoms. The van der Waals surface area contributed by atoms with Crippen molar-refractivity contribution >= 4 is 17.5 Å². The summed E-state index contributed by atoms with van der Waals surface area (Å²) in [6.07, 6.45) is 3.71. The van der Waals surface area contributed by atoms with E-state index in [0.29, 0.717) is 11.6 Å². The predicted molar refractivity (Wildman–Crippen MR) is 101 cm³/mol. The molecule has 1 aromatic heterocycles. The van der Waals surface area contributed by atoms with E-state index in [9.17, 15) is 9.59 Å². The molecule has 0 saturated carbocycles. The largest absolute Gasteiger partial charge is 0.491 e. The van der Waals surface area contributed by atoms with Gasteiger partial charge < -0.3 is 15.0 Å². The molecule has 0 radical (unpaired) electrons. The highest BCUT2D eigenvalue weighted by Crippen LogP contribution is 2.25. The molecule has 2 heterocycles. The second kappa shape index (κ2) is 8.38. The Labute approximate surface area is 157 Å². The highest BCUT2D eigenvalue weighted by atomic mass is 35.5. The summed E-state index contributed by atoms with van der Waals surface area (Å²) in [4.78, 5) is 29.4. The number of carbonyl (C=O) groups is 1. The normalized spacial score (nSPS) is 15.6. The van der Waals surface area contributed by atoms with Gasteiger partial charge in [0.1, 0.15) is 5.69 Å². The van der Waals surface area contributed by atoms with Gasteiger partial charge in [0.05, 0.1) is 13.2 Å². The van der Waals surface area contributed by atoms with Gasteiger partial charge in [0, 0.05) is 23.8 Å². The first-order valence-electron chi connectivity index (χ1n) is 8.63. The van der Waals surface area contributed by atoms with E-state index in [1.54, 1.807) is 0 Å². The summed E-state index contributed by atoms with van der Waals surface area (Å²) < 4.78 is 4.92. The monoisotopic (exact) mass is 375 g/mol.